The van der Waals surface area contributed by atoms with E-state index in [0.29, 0.717) is 0 Å². The normalized spacial score (nSPS) is 42.0. The van der Waals surface area contributed by atoms with Crippen LogP contribution in [0.1, 0.15) is 19.8 Å². The van der Waals surface area contributed by atoms with Crippen LogP contribution in [-0.2, 0) is 0 Å². The molecule has 0 saturated heterocycles. The van der Waals surface area contributed by atoms with Crippen molar-refractivity contribution >= 4 is 0 Å². The summed E-state index contributed by atoms with van der Waals surface area (Å²) in [5, 5.41) is 8.84. The van der Waals surface area contributed by atoms with Crippen molar-refractivity contribution in [3.8, 4) is 0 Å². The molecule has 1 aliphatic carbocycles. The van der Waals surface area contributed by atoms with E-state index in [9.17, 15) is 0 Å². The van der Waals surface area contributed by atoms with Gasteiger partial charge in [-0.3, -0.25) is 0 Å². The Labute approximate surface area is 44.4 Å². The molecule has 41 valence electrons. The van der Waals surface area contributed by atoms with Crippen LogP contribution < -0.4 is 0 Å². The summed E-state index contributed by atoms with van der Waals surface area (Å²) in [4.78, 5) is 0. The zero-order chi connectivity index (χ0) is 5.28. The van der Waals surface area contributed by atoms with E-state index in [1.165, 1.54) is 0 Å². The van der Waals surface area contributed by atoms with Gasteiger partial charge in [-0.1, -0.05) is 6.92 Å². The second-order valence-electron chi connectivity index (χ2n) is 2.38. The third kappa shape index (κ3) is 1.16. The van der Waals surface area contributed by atoms with Gasteiger partial charge < -0.3 is 5.11 Å². The molecule has 0 spiro atoms. The minimum Gasteiger partial charge on any atom is -0.393 e. The molecule has 1 radical (unpaired) electrons. The second kappa shape index (κ2) is 1.83. The lowest BCUT2D eigenvalue weighted by Crippen LogP contribution is -1.97. The second-order valence-corrected chi connectivity index (χ2v) is 2.38. The highest BCUT2D eigenvalue weighted by Gasteiger charge is 2.18. The Kier molecular flexibility index (Phi) is 1.33. The topological polar surface area (TPSA) is 20.2 Å². The fourth-order valence-electron chi connectivity index (χ4n) is 0.994. The van der Waals surface area contributed by atoms with Crippen molar-refractivity contribution < 1.29 is 5.11 Å². The molecular weight excluding hydrogens is 88.1 g/mol. The fourth-order valence-corrected chi connectivity index (χ4v) is 0.994. The minimum atomic E-state index is -0.102. The summed E-state index contributed by atoms with van der Waals surface area (Å²) < 4.78 is 0. The molecule has 0 bridgehead atoms. The lowest BCUT2D eigenvalue weighted by molar-refractivity contribution is 0.207. The Morgan fingerprint density at radius 1 is 1.71 bits per heavy atom. The number of aliphatic hydroxyl groups is 1. The standard InChI is InChI=1S/C6H11O/c1-5-2-3-6(7)4-5/h3,5-7H,2,4H2,1H3. The van der Waals surface area contributed by atoms with Crippen LogP contribution in [0.25, 0.3) is 0 Å². The van der Waals surface area contributed by atoms with Crippen LogP contribution in [-0.4, -0.2) is 11.2 Å². The van der Waals surface area contributed by atoms with Gasteiger partial charge in [0.2, 0.25) is 0 Å². The van der Waals surface area contributed by atoms with Gasteiger partial charge in [-0.25, -0.2) is 0 Å². The van der Waals surface area contributed by atoms with E-state index < -0.39 is 0 Å². The van der Waals surface area contributed by atoms with Crippen molar-refractivity contribution in [1.29, 1.82) is 0 Å². The van der Waals surface area contributed by atoms with E-state index in [-0.39, 0.29) is 6.10 Å². The maximum atomic E-state index is 8.84. The first kappa shape index (κ1) is 5.10. The number of hydrogen-bond acceptors (Lipinski definition) is 1. The van der Waals surface area contributed by atoms with Crippen LogP contribution in [0.2, 0.25) is 0 Å². The Morgan fingerprint density at radius 2 is 2.43 bits per heavy atom. The van der Waals surface area contributed by atoms with Crippen molar-refractivity contribution in [3.05, 3.63) is 6.42 Å². The summed E-state index contributed by atoms with van der Waals surface area (Å²) in [7, 11) is 0. The van der Waals surface area contributed by atoms with Gasteiger partial charge >= 0.3 is 0 Å². The van der Waals surface area contributed by atoms with Crippen LogP contribution in [0, 0.1) is 12.3 Å². The van der Waals surface area contributed by atoms with Crippen molar-refractivity contribution in [3.63, 3.8) is 0 Å². The van der Waals surface area contributed by atoms with E-state index in [0.717, 1.165) is 18.8 Å². The van der Waals surface area contributed by atoms with Gasteiger partial charge in [0.05, 0.1) is 6.10 Å². The molecule has 0 aromatic carbocycles. The first-order chi connectivity index (χ1) is 3.29. The molecule has 1 fully saturated rings. The molecule has 7 heavy (non-hydrogen) atoms. The van der Waals surface area contributed by atoms with E-state index in [1.54, 1.807) is 0 Å². The van der Waals surface area contributed by atoms with Crippen LogP contribution in [0.5, 0.6) is 0 Å². The molecule has 0 heterocycles. The smallest absolute Gasteiger partial charge is 0.0574 e. The predicted molar refractivity (Wildman–Crippen MR) is 28.7 cm³/mol. The molecule has 1 N–H and O–H groups in total. The highest BCUT2D eigenvalue weighted by Crippen LogP contribution is 2.22. The maximum Gasteiger partial charge on any atom is 0.0574 e. The monoisotopic (exact) mass is 99.1 g/mol. The van der Waals surface area contributed by atoms with Gasteiger partial charge in [0.25, 0.3) is 0 Å². The van der Waals surface area contributed by atoms with Crippen LogP contribution in [0.3, 0.4) is 0 Å². The summed E-state index contributed by atoms with van der Waals surface area (Å²) in [6.45, 7) is 2.16. The van der Waals surface area contributed by atoms with E-state index in [1.807, 2.05) is 6.42 Å². The first-order valence-corrected chi connectivity index (χ1v) is 2.80. The Hall–Kier alpha value is -0.0400. The summed E-state index contributed by atoms with van der Waals surface area (Å²) in [6.07, 6.45) is 3.95. The number of hydrogen-bond donors (Lipinski definition) is 1. The lowest BCUT2D eigenvalue weighted by Gasteiger charge is -1.95. The van der Waals surface area contributed by atoms with E-state index in [2.05, 4.69) is 6.92 Å². The summed E-state index contributed by atoms with van der Waals surface area (Å²) in [5.41, 5.74) is 0. The summed E-state index contributed by atoms with van der Waals surface area (Å²) in [5.74, 6) is 0.718. The van der Waals surface area contributed by atoms with Gasteiger partial charge in [0.1, 0.15) is 0 Å². The maximum absolute atomic E-state index is 8.84. The van der Waals surface area contributed by atoms with Gasteiger partial charge in [-0.2, -0.15) is 0 Å². The molecule has 2 atom stereocenters. The molecule has 1 saturated carbocycles. The summed E-state index contributed by atoms with van der Waals surface area (Å²) in [6, 6.07) is 0. The molecule has 0 amide bonds. The highest BCUT2D eigenvalue weighted by molar-refractivity contribution is 4.86. The van der Waals surface area contributed by atoms with Gasteiger partial charge in [0, 0.05) is 0 Å². The quantitative estimate of drug-likeness (QED) is 0.480. The Balaban J connectivity index is 2.26. The zero-order valence-corrected chi connectivity index (χ0v) is 4.59. The molecule has 1 heteroatoms. The SMILES string of the molecule is CC1C[CH]C(O)C1. The third-order valence-corrected chi connectivity index (χ3v) is 1.45. The van der Waals surface area contributed by atoms with Crippen LogP contribution in [0.15, 0.2) is 0 Å². The number of rotatable bonds is 0. The molecule has 1 aliphatic rings. The minimum absolute atomic E-state index is 0.102. The van der Waals surface area contributed by atoms with Gasteiger partial charge in [-0.15, -0.1) is 0 Å². The average Bonchev–Trinajstić information content (AvgIpc) is 1.87. The average molecular weight is 99.2 g/mol. The number of aliphatic hydroxyl groups excluding tert-OH is 1. The van der Waals surface area contributed by atoms with E-state index >= 15 is 0 Å². The zero-order valence-electron chi connectivity index (χ0n) is 4.59. The Bertz CT molecular complexity index is 53.2. The van der Waals surface area contributed by atoms with Crippen LogP contribution >= 0.6 is 0 Å². The largest absolute Gasteiger partial charge is 0.393 e. The summed E-state index contributed by atoms with van der Waals surface area (Å²) >= 11 is 0. The van der Waals surface area contributed by atoms with Gasteiger partial charge in [0.15, 0.2) is 0 Å². The molecule has 0 aliphatic heterocycles. The highest BCUT2D eigenvalue weighted by atomic mass is 16.3. The van der Waals surface area contributed by atoms with Crippen molar-refractivity contribution in [2.75, 3.05) is 0 Å². The molecule has 0 aromatic rings. The van der Waals surface area contributed by atoms with Gasteiger partial charge in [-0.05, 0) is 25.2 Å². The van der Waals surface area contributed by atoms with Crippen molar-refractivity contribution in [2.45, 2.75) is 25.9 Å². The molecule has 2 unspecified atom stereocenters. The Morgan fingerprint density at radius 3 is 2.57 bits per heavy atom. The predicted octanol–water partition coefficient (Wildman–Crippen LogP) is 0.981. The first-order valence-electron chi connectivity index (χ1n) is 2.80. The van der Waals surface area contributed by atoms with Crippen molar-refractivity contribution in [2.24, 2.45) is 5.92 Å². The molecule has 0 aromatic heterocycles. The fraction of sp³-hybridized carbons (Fsp3) is 0.833. The van der Waals surface area contributed by atoms with E-state index in [4.69, 9.17) is 5.11 Å². The van der Waals surface area contributed by atoms with Crippen molar-refractivity contribution in [1.82, 2.24) is 0 Å². The van der Waals surface area contributed by atoms with Crippen LogP contribution in [0.4, 0.5) is 0 Å². The lowest BCUT2D eigenvalue weighted by atomic mass is 10.1. The molecule has 1 nitrogen and oxygen atoms in total. The third-order valence-electron chi connectivity index (χ3n) is 1.45. The molecule has 1 rings (SSSR count). The molecular formula is C6H11O.